The maximum Gasteiger partial charge on any atom is 0.272 e. The highest BCUT2D eigenvalue weighted by molar-refractivity contribution is 5.94. The first-order valence-electron chi connectivity index (χ1n) is 8.96. The van der Waals surface area contributed by atoms with Gasteiger partial charge in [0.05, 0.1) is 0 Å². The van der Waals surface area contributed by atoms with Gasteiger partial charge in [-0.2, -0.15) is 0 Å². The Labute approximate surface area is 150 Å². The lowest BCUT2D eigenvalue weighted by Gasteiger charge is -2.31. The summed E-state index contributed by atoms with van der Waals surface area (Å²) in [5, 5.41) is 3.19. The van der Waals surface area contributed by atoms with Crippen LogP contribution in [-0.4, -0.2) is 43.5 Å². The number of likely N-dealkylation sites (tertiary alicyclic amines) is 1. The van der Waals surface area contributed by atoms with Gasteiger partial charge >= 0.3 is 0 Å². The molecule has 0 aliphatic carbocycles. The van der Waals surface area contributed by atoms with Gasteiger partial charge in [-0.05, 0) is 31.4 Å². The van der Waals surface area contributed by atoms with Gasteiger partial charge in [-0.15, -0.1) is 0 Å². The summed E-state index contributed by atoms with van der Waals surface area (Å²) in [7, 11) is 0. The second kappa shape index (κ2) is 6.74. The number of fused-ring (bicyclic) bond motifs is 1. The number of H-pyrrole nitrogens is 1. The van der Waals surface area contributed by atoms with Crippen LogP contribution < -0.4 is 5.56 Å². The Morgan fingerprint density at radius 3 is 2.65 bits per heavy atom. The monoisotopic (exact) mass is 351 g/mol. The molecule has 0 unspecified atom stereocenters. The van der Waals surface area contributed by atoms with Crippen molar-refractivity contribution in [3.63, 3.8) is 0 Å². The Balaban J connectivity index is 1.50. The summed E-state index contributed by atoms with van der Waals surface area (Å²) in [6.07, 6.45) is 5.74. The predicted molar refractivity (Wildman–Crippen MR) is 97.3 cm³/mol. The number of hydrogen-bond donors (Lipinski definition) is 1. The van der Waals surface area contributed by atoms with E-state index in [-0.39, 0.29) is 11.5 Å². The first-order chi connectivity index (χ1) is 12.7. The van der Waals surface area contributed by atoms with E-state index in [1.807, 2.05) is 17.9 Å². The molecule has 1 amide bonds. The van der Waals surface area contributed by atoms with Crippen molar-refractivity contribution in [3.05, 3.63) is 64.0 Å². The van der Waals surface area contributed by atoms with Crippen LogP contribution in [0, 0.1) is 0 Å². The van der Waals surface area contributed by atoms with Crippen molar-refractivity contribution < 1.29 is 4.79 Å². The van der Waals surface area contributed by atoms with Crippen molar-refractivity contribution in [2.24, 2.45) is 0 Å². The van der Waals surface area contributed by atoms with Crippen LogP contribution in [0.3, 0.4) is 0 Å². The number of aryl methyl sites for hydroxylation is 1. The molecule has 0 atom stereocenters. The number of aromatic nitrogens is 4. The lowest BCUT2D eigenvalue weighted by molar-refractivity contribution is 0.0712. The van der Waals surface area contributed by atoms with Crippen molar-refractivity contribution in [2.75, 3.05) is 13.1 Å². The van der Waals surface area contributed by atoms with E-state index < -0.39 is 0 Å². The zero-order valence-corrected chi connectivity index (χ0v) is 14.7. The van der Waals surface area contributed by atoms with Crippen LogP contribution in [0.2, 0.25) is 0 Å². The maximum absolute atomic E-state index is 12.5. The molecule has 1 aliphatic rings. The van der Waals surface area contributed by atoms with Gasteiger partial charge in [0.1, 0.15) is 0 Å². The van der Waals surface area contributed by atoms with Gasteiger partial charge < -0.3 is 4.90 Å². The van der Waals surface area contributed by atoms with Crippen LogP contribution >= 0.6 is 0 Å². The zero-order chi connectivity index (χ0) is 18.1. The first kappa shape index (κ1) is 16.5. The van der Waals surface area contributed by atoms with Crippen LogP contribution in [0.5, 0.6) is 0 Å². The van der Waals surface area contributed by atoms with E-state index in [0.29, 0.717) is 30.2 Å². The summed E-state index contributed by atoms with van der Waals surface area (Å²) in [5.41, 5.74) is 3.08. The van der Waals surface area contributed by atoms with Gasteiger partial charge in [-0.1, -0.05) is 6.92 Å². The molecule has 4 heterocycles. The van der Waals surface area contributed by atoms with E-state index in [1.54, 1.807) is 30.6 Å². The molecule has 134 valence electrons. The summed E-state index contributed by atoms with van der Waals surface area (Å²) in [6.45, 7) is 3.38. The molecule has 7 nitrogen and oxygen atoms in total. The minimum Gasteiger partial charge on any atom is -0.339 e. The largest absolute Gasteiger partial charge is 0.339 e. The molecule has 0 saturated carbocycles. The van der Waals surface area contributed by atoms with Gasteiger partial charge in [0, 0.05) is 60.5 Å². The van der Waals surface area contributed by atoms with Crippen LogP contribution in [0.1, 0.15) is 47.4 Å². The van der Waals surface area contributed by atoms with E-state index in [1.165, 1.54) is 4.52 Å². The molecule has 0 spiro atoms. The minimum absolute atomic E-state index is 0.0490. The number of nitrogens with one attached hydrogen (secondary N) is 1. The number of hydrogen-bond acceptors (Lipinski definition) is 4. The Morgan fingerprint density at radius 1 is 1.23 bits per heavy atom. The fraction of sp³-hybridized carbons (Fsp3) is 0.368. The number of piperidine rings is 1. The fourth-order valence-corrected chi connectivity index (χ4v) is 3.52. The van der Waals surface area contributed by atoms with Gasteiger partial charge in [0.15, 0.2) is 5.65 Å². The molecular formula is C19H21N5O2. The van der Waals surface area contributed by atoms with Gasteiger partial charge in [-0.25, -0.2) is 9.50 Å². The Morgan fingerprint density at radius 2 is 1.96 bits per heavy atom. The maximum atomic E-state index is 12.5. The summed E-state index contributed by atoms with van der Waals surface area (Å²) in [4.78, 5) is 35.1. The average Bonchev–Trinajstić information content (AvgIpc) is 3.13. The molecule has 0 radical (unpaired) electrons. The molecule has 1 fully saturated rings. The Kier molecular flexibility index (Phi) is 4.28. The van der Waals surface area contributed by atoms with Crippen LogP contribution in [0.25, 0.3) is 5.65 Å². The standard InChI is InChI=1S/C19H21N5O2/c1-2-15-11-18(25)24-17(21-15)12-16(22-24)13-5-9-23(10-6-13)19(26)14-3-7-20-8-4-14/h3-4,7-8,11-13,22H,2,5-6,9-10H2,1H3. The number of nitrogens with zero attached hydrogens (tertiary/aromatic N) is 4. The number of carbonyl (C=O) groups is 1. The highest BCUT2D eigenvalue weighted by Gasteiger charge is 2.26. The molecule has 7 heteroatoms. The molecule has 1 saturated heterocycles. The molecule has 4 rings (SSSR count). The Bertz CT molecular complexity index is 984. The lowest BCUT2D eigenvalue weighted by Crippen LogP contribution is -2.38. The summed E-state index contributed by atoms with van der Waals surface area (Å²) in [5.74, 6) is 0.343. The predicted octanol–water partition coefficient (Wildman–Crippen LogP) is 2.00. The van der Waals surface area contributed by atoms with Crippen molar-refractivity contribution >= 4 is 11.6 Å². The molecule has 26 heavy (non-hydrogen) atoms. The molecule has 1 N–H and O–H groups in total. The second-order valence-corrected chi connectivity index (χ2v) is 6.65. The van der Waals surface area contributed by atoms with Crippen molar-refractivity contribution in [2.45, 2.75) is 32.1 Å². The molecule has 3 aromatic rings. The Hall–Kier alpha value is -2.96. The zero-order valence-electron chi connectivity index (χ0n) is 14.7. The minimum atomic E-state index is -0.0802. The van der Waals surface area contributed by atoms with Crippen LogP contribution in [0.15, 0.2) is 41.5 Å². The smallest absolute Gasteiger partial charge is 0.272 e. The second-order valence-electron chi connectivity index (χ2n) is 6.65. The molecule has 0 aromatic carbocycles. The molecule has 1 aliphatic heterocycles. The average molecular weight is 351 g/mol. The first-order valence-corrected chi connectivity index (χ1v) is 8.96. The lowest BCUT2D eigenvalue weighted by atomic mass is 9.93. The van der Waals surface area contributed by atoms with E-state index in [2.05, 4.69) is 15.1 Å². The summed E-state index contributed by atoms with van der Waals surface area (Å²) < 4.78 is 1.50. The van der Waals surface area contributed by atoms with Crippen LogP contribution in [0.4, 0.5) is 0 Å². The quantitative estimate of drug-likeness (QED) is 0.782. The third kappa shape index (κ3) is 3.00. The number of aromatic amines is 1. The topological polar surface area (TPSA) is 83.4 Å². The van der Waals surface area contributed by atoms with Crippen molar-refractivity contribution in [1.82, 2.24) is 24.5 Å². The van der Waals surface area contributed by atoms with Gasteiger partial charge in [-0.3, -0.25) is 19.7 Å². The third-order valence-electron chi connectivity index (χ3n) is 5.03. The SMILES string of the molecule is CCc1cc(=O)n2[nH]c(C3CCN(C(=O)c4ccncc4)CC3)cc2n1. The highest BCUT2D eigenvalue weighted by atomic mass is 16.2. The van der Waals surface area contributed by atoms with Gasteiger partial charge in [0.2, 0.25) is 0 Å². The van der Waals surface area contributed by atoms with Crippen molar-refractivity contribution in [3.8, 4) is 0 Å². The third-order valence-corrected chi connectivity index (χ3v) is 5.03. The summed E-state index contributed by atoms with van der Waals surface area (Å²) in [6, 6.07) is 7.03. The number of rotatable bonds is 3. The highest BCUT2D eigenvalue weighted by Crippen LogP contribution is 2.28. The number of amides is 1. The molecule has 0 bridgehead atoms. The molecular weight excluding hydrogens is 330 g/mol. The van der Waals surface area contributed by atoms with Crippen molar-refractivity contribution in [1.29, 1.82) is 0 Å². The molecule has 3 aromatic heterocycles. The van der Waals surface area contributed by atoms with Crippen LogP contribution in [-0.2, 0) is 6.42 Å². The fourth-order valence-electron chi connectivity index (χ4n) is 3.52. The normalized spacial score (nSPS) is 15.5. The van der Waals surface area contributed by atoms with Gasteiger partial charge in [0.25, 0.3) is 11.5 Å². The van der Waals surface area contributed by atoms with E-state index in [0.717, 1.165) is 30.7 Å². The number of carbonyl (C=O) groups excluding carboxylic acids is 1. The summed E-state index contributed by atoms with van der Waals surface area (Å²) >= 11 is 0. The van der Waals surface area contributed by atoms with E-state index >= 15 is 0 Å². The van der Waals surface area contributed by atoms with E-state index in [9.17, 15) is 9.59 Å². The van der Waals surface area contributed by atoms with E-state index in [4.69, 9.17) is 0 Å². The number of pyridine rings is 1.